The van der Waals surface area contributed by atoms with Crippen molar-refractivity contribution in [2.45, 2.75) is 71.5 Å². The molecule has 1 N–H and O–H groups in total. The minimum absolute atomic E-state index is 0.116. The molecule has 2 aromatic carbocycles. The maximum absolute atomic E-state index is 13.7. The van der Waals surface area contributed by atoms with Gasteiger partial charge in [0.25, 0.3) is 0 Å². The van der Waals surface area contributed by atoms with Crippen molar-refractivity contribution in [1.29, 1.82) is 0 Å². The van der Waals surface area contributed by atoms with Gasteiger partial charge >= 0.3 is 0 Å². The zero-order valence-corrected chi connectivity index (χ0v) is 23.0. The van der Waals surface area contributed by atoms with Crippen LogP contribution < -0.4 is 9.62 Å². The van der Waals surface area contributed by atoms with E-state index in [4.69, 9.17) is 11.6 Å². The molecule has 0 unspecified atom stereocenters. The Kier molecular flexibility index (Phi) is 9.41. The van der Waals surface area contributed by atoms with Crippen molar-refractivity contribution in [3.8, 4) is 0 Å². The molecule has 196 valence electrons. The summed E-state index contributed by atoms with van der Waals surface area (Å²) < 4.78 is 26.5. The summed E-state index contributed by atoms with van der Waals surface area (Å²) in [6.07, 6.45) is 5.49. The maximum Gasteiger partial charge on any atom is 0.244 e. The summed E-state index contributed by atoms with van der Waals surface area (Å²) in [6, 6.07) is 12.0. The predicted octanol–water partition coefficient (Wildman–Crippen LogP) is 4.59. The van der Waals surface area contributed by atoms with E-state index in [1.807, 2.05) is 45.0 Å². The van der Waals surface area contributed by atoms with Gasteiger partial charge in [-0.05, 0) is 56.4 Å². The van der Waals surface area contributed by atoms with Gasteiger partial charge in [-0.2, -0.15) is 0 Å². The number of amides is 2. The standard InChI is InChI=1S/C27H36ClN3O4S/c1-5-25(27(33)29-22-8-6-7-9-22)30(17-21-13-10-19(2)11-14-21)26(32)18-31(36(4,34)35)23-15-12-20(3)24(28)16-23/h10-16,22,25H,5-9,17-18H2,1-4H3,(H,29,33)/t25-/m0/s1. The molecule has 9 heteroatoms. The minimum atomic E-state index is -3.80. The normalized spacial score (nSPS) is 14.9. The van der Waals surface area contributed by atoms with Crippen molar-refractivity contribution in [2.75, 3.05) is 17.1 Å². The van der Waals surface area contributed by atoms with Gasteiger partial charge in [-0.15, -0.1) is 0 Å². The first-order chi connectivity index (χ1) is 17.0. The van der Waals surface area contributed by atoms with Gasteiger partial charge in [-0.1, -0.05) is 67.3 Å². The molecular formula is C27H36ClN3O4S. The molecule has 1 aliphatic carbocycles. The average Bonchev–Trinajstić information content (AvgIpc) is 3.32. The number of nitrogens with zero attached hydrogens (tertiary/aromatic N) is 2. The van der Waals surface area contributed by atoms with Crippen molar-refractivity contribution < 1.29 is 18.0 Å². The highest BCUT2D eigenvalue weighted by molar-refractivity contribution is 7.92. The Morgan fingerprint density at radius 3 is 2.28 bits per heavy atom. The molecule has 0 heterocycles. The monoisotopic (exact) mass is 533 g/mol. The summed E-state index contributed by atoms with van der Waals surface area (Å²) in [7, 11) is -3.80. The van der Waals surface area contributed by atoms with Crippen LogP contribution in [0.4, 0.5) is 5.69 Å². The largest absolute Gasteiger partial charge is 0.352 e. The van der Waals surface area contributed by atoms with Crippen LogP contribution in [0.15, 0.2) is 42.5 Å². The highest BCUT2D eigenvalue weighted by Crippen LogP contribution is 2.26. The Morgan fingerprint density at radius 2 is 1.72 bits per heavy atom. The molecule has 0 saturated heterocycles. The number of hydrogen-bond acceptors (Lipinski definition) is 4. The van der Waals surface area contributed by atoms with E-state index in [1.54, 1.807) is 18.2 Å². The van der Waals surface area contributed by atoms with Crippen LogP contribution in [0.25, 0.3) is 0 Å². The van der Waals surface area contributed by atoms with Crippen LogP contribution in [0.3, 0.4) is 0 Å². The molecule has 0 spiro atoms. The van der Waals surface area contributed by atoms with Gasteiger partial charge < -0.3 is 10.2 Å². The smallest absolute Gasteiger partial charge is 0.244 e. The topological polar surface area (TPSA) is 86.8 Å². The fraction of sp³-hybridized carbons (Fsp3) is 0.481. The van der Waals surface area contributed by atoms with E-state index < -0.39 is 28.5 Å². The molecule has 3 rings (SSSR count). The van der Waals surface area contributed by atoms with Crippen LogP contribution in [-0.2, 0) is 26.2 Å². The highest BCUT2D eigenvalue weighted by Gasteiger charge is 2.33. The molecule has 7 nitrogen and oxygen atoms in total. The quantitative estimate of drug-likeness (QED) is 0.484. The summed E-state index contributed by atoms with van der Waals surface area (Å²) >= 11 is 6.25. The van der Waals surface area contributed by atoms with Crippen molar-refractivity contribution in [2.24, 2.45) is 0 Å². The van der Waals surface area contributed by atoms with E-state index in [2.05, 4.69) is 5.32 Å². The van der Waals surface area contributed by atoms with Gasteiger partial charge in [-0.25, -0.2) is 8.42 Å². The number of nitrogens with one attached hydrogen (secondary N) is 1. The molecule has 2 aromatic rings. The van der Waals surface area contributed by atoms with Crippen molar-refractivity contribution in [3.05, 3.63) is 64.2 Å². The Hall–Kier alpha value is -2.58. The molecule has 0 bridgehead atoms. The predicted molar refractivity (Wildman–Crippen MR) is 145 cm³/mol. The highest BCUT2D eigenvalue weighted by atomic mass is 35.5. The summed E-state index contributed by atoms with van der Waals surface area (Å²) in [5.41, 5.74) is 3.06. The van der Waals surface area contributed by atoms with Gasteiger partial charge in [0.2, 0.25) is 21.8 Å². The fourth-order valence-electron chi connectivity index (χ4n) is 4.53. The molecule has 1 fully saturated rings. The first-order valence-corrected chi connectivity index (χ1v) is 14.6. The number of carbonyl (C=O) groups is 2. The Labute approximate surface area is 219 Å². The second-order valence-electron chi connectivity index (χ2n) is 9.62. The summed E-state index contributed by atoms with van der Waals surface area (Å²) in [5.74, 6) is -0.653. The molecular weight excluding hydrogens is 498 g/mol. The van der Waals surface area contributed by atoms with E-state index >= 15 is 0 Å². The summed E-state index contributed by atoms with van der Waals surface area (Å²) in [4.78, 5) is 28.5. The minimum Gasteiger partial charge on any atom is -0.352 e. The third-order valence-electron chi connectivity index (χ3n) is 6.68. The van der Waals surface area contributed by atoms with E-state index in [1.165, 1.54) is 4.90 Å². The van der Waals surface area contributed by atoms with Crippen LogP contribution in [0.5, 0.6) is 0 Å². The van der Waals surface area contributed by atoms with Gasteiger partial charge in [0.1, 0.15) is 12.6 Å². The van der Waals surface area contributed by atoms with Crippen LogP contribution in [0.1, 0.15) is 55.7 Å². The van der Waals surface area contributed by atoms with Gasteiger partial charge in [0.15, 0.2) is 0 Å². The zero-order chi connectivity index (χ0) is 26.5. The average molecular weight is 534 g/mol. The fourth-order valence-corrected chi connectivity index (χ4v) is 5.54. The van der Waals surface area contributed by atoms with Crippen LogP contribution in [0, 0.1) is 13.8 Å². The number of hydrogen-bond donors (Lipinski definition) is 1. The van der Waals surface area contributed by atoms with Crippen LogP contribution in [-0.4, -0.2) is 50.0 Å². The molecule has 0 aliphatic heterocycles. The third kappa shape index (κ3) is 7.23. The lowest BCUT2D eigenvalue weighted by atomic mass is 10.1. The SMILES string of the molecule is CC[C@@H](C(=O)NC1CCCC1)N(Cc1ccc(C)cc1)C(=O)CN(c1ccc(C)c(Cl)c1)S(C)(=O)=O. The lowest BCUT2D eigenvalue weighted by molar-refractivity contribution is -0.140. The number of benzene rings is 2. The molecule has 1 saturated carbocycles. The van der Waals surface area contributed by atoms with Crippen LogP contribution in [0.2, 0.25) is 5.02 Å². The Morgan fingerprint density at radius 1 is 1.08 bits per heavy atom. The third-order valence-corrected chi connectivity index (χ3v) is 8.23. The number of carbonyl (C=O) groups excluding carboxylic acids is 2. The molecule has 1 atom stereocenters. The number of anilines is 1. The zero-order valence-electron chi connectivity index (χ0n) is 21.5. The second kappa shape index (κ2) is 12.1. The Balaban J connectivity index is 1.92. The second-order valence-corrected chi connectivity index (χ2v) is 11.9. The van der Waals surface area contributed by atoms with E-state index in [9.17, 15) is 18.0 Å². The van der Waals surface area contributed by atoms with Gasteiger partial charge in [0.05, 0.1) is 11.9 Å². The summed E-state index contributed by atoms with van der Waals surface area (Å²) in [6.45, 7) is 5.43. The Bertz CT molecular complexity index is 1180. The molecule has 2 amide bonds. The van der Waals surface area contributed by atoms with Gasteiger partial charge in [-0.3, -0.25) is 13.9 Å². The van der Waals surface area contributed by atoms with Crippen molar-refractivity contribution in [3.63, 3.8) is 0 Å². The summed E-state index contributed by atoms with van der Waals surface area (Å²) in [5, 5.41) is 3.52. The lowest BCUT2D eigenvalue weighted by Crippen LogP contribution is -2.53. The molecule has 36 heavy (non-hydrogen) atoms. The number of halogens is 1. The maximum atomic E-state index is 13.7. The van der Waals surface area contributed by atoms with E-state index in [0.717, 1.165) is 52.9 Å². The molecule has 0 radical (unpaired) electrons. The molecule has 1 aliphatic rings. The van der Waals surface area contributed by atoms with E-state index in [0.29, 0.717) is 17.1 Å². The first kappa shape index (κ1) is 28.0. The lowest BCUT2D eigenvalue weighted by Gasteiger charge is -2.33. The van der Waals surface area contributed by atoms with Crippen LogP contribution >= 0.6 is 11.6 Å². The van der Waals surface area contributed by atoms with Gasteiger partial charge in [0, 0.05) is 17.6 Å². The first-order valence-electron chi connectivity index (χ1n) is 12.4. The number of rotatable bonds is 10. The molecule has 0 aromatic heterocycles. The van der Waals surface area contributed by atoms with Crippen molar-refractivity contribution in [1.82, 2.24) is 10.2 Å². The van der Waals surface area contributed by atoms with E-state index in [-0.39, 0.29) is 18.5 Å². The number of aryl methyl sites for hydroxylation is 2. The number of sulfonamides is 1. The van der Waals surface area contributed by atoms with Crippen molar-refractivity contribution >= 4 is 39.1 Å².